The van der Waals surface area contributed by atoms with Crippen LogP contribution in [0.3, 0.4) is 0 Å². The number of ether oxygens (including phenoxy) is 1. The average molecular weight is 445 g/mol. The molecule has 1 aromatic carbocycles. The SMILES string of the molecule is CCCCNC(=NCC1CCCOC1c1ccccc1)NCC.I. The van der Waals surface area contributed by atoms with Gasteiger partial charge in [-0.05, 0) is 31.7 Å². The van der Waals surface area contributed by atoms with Gasteiger partial charge in [-0.15, -0.1) is 24.0 Å². The van der Waals surface area contributed by atoms with Crippen molar-refractivity contribution in [2.24, 2.45) is 10.9 Å². The molecule has 0 spiro atoms. The largest absolute Gasteiger partial charge is 0.373 e. The third-order valence-corrected chi connectivity index (χ3v) is 4.22. The maximum absolute atomic E-state index is 6.06. The highest BCUT2D eigenvalue weighted by Crippen LogP contribution is 2.33. The van der Waals surface area contributed by atoms with Crippen molar-refractivity contribution in [1.29, 1.82) is 0 Å². The first kappa shape index (κ1) is 21.2. The van der Waals surface area contributed by atoms with Gasteiger partial charge in [0.2, 0.25) is 0 Å². The molecular formula is C19H32IN3O. The predicted molar refractivity (Wildman–Crippen MR) is 112 cm³/mol. The van der Waals surface area contributed by atoms with E-state index in [9.17, 15) is 0 Å². The van der Waals surface area contributed by atoms with Gasteiger partial charge in [0.15, 0.2) is 5.96 Å². The fourth-order valence-corrected chi connectivity index (χ4v) is 2.98. The standard InChI is InChI=1S/C19H31N3O.HI/c1-3-5-13-21-19(20-4-2)22-15-17-12-9-14-23-18(17)16-10-7-6-8-11-16;/h6-8,10-11,17-18H,3-5,9,12-15H2,1-2H3,(H2,20,21,22);1H. The molecule has 0 amide bonds. The Morgan fingerprint density at radius 1 is 1.21 bits per heavy atom. The molecule has 0 radical (unpaired) electrons. The van der Waals surface area contributed by atoms with Gasteiger partial charge in [0.25, 0.3) is 0 Å². The summed E-state index contributed by atoms with van der Waals surface area (Å²) in [6.45, 7) is 7.84. The molecule has 1 heterocycles. The summed E-state index contributed by atoms with van der Waals surface area (Å²) in [5.74, 6) is 1.38. The quantitative estimate of drug-likeness (QED) is 0.287. The molecule has 2 rings (SSSR count). The van der Waals surface area contributed by atoms with Crippen molar-refractivity contribution in [2.75, 3.05) is 26.2 Å². The Labute approximate surface area is 163 Å². The van der Waals surface area contributed by atoms with E-state index in [2.05, 4.69) is 54.8 Å². The van der Waals surface area contributed by atoms with Gasteiger partial charge in [-0.3, -0.25) is 4.99 Å². The van der Waals surface area contributed by atoms with E-state index >= 15 is 0 Å². The zero-order chi connectivity index (χ0) is 16.3. The minimum absolute atomic E-state index is 0. The van der Waals surface area contributed by atoms with Crippen LogP contribution < -0.4 is 10.6 Å². The lowest BCUT2D eigenvalue weighted by Gasteiger charge is -2.31. The van der Waals surface area contributed by atoms with Crippen LogP contribution in [0.2, 0.25) is 0 Å². The molecule has 24 heavy (non-hydrogen) atoms. The Bertz CT molecular complexity index is 467. The van der Waals surface area contributed by atoms with Crippen LogP contribution in [0.15, 0.2) is 35.3 Å². The fourth-order valence-electron chi connectivity index (χ4n) is 2.98. The normalized spacial score (nSPS) is 21.0. The maximum Gasteiger partial charge on any atom is 0.191 e. The second kappa shape index (κ2) is 12.5. The van der Waals surface area contributed by atoms with Gasteiger partial charge in [-0.1, -0.05) is 43.7 Å². The number of aliphatic imine (C=N–C) groups is 1. The monoisotopic (exact) mass is 445 g/mol. The second-order valence-electron chi connectivity index (χ2n) is 6.10. The topological polar surface area (TPSA) is 45.7 Å². The highest BCUT2D eigenvalue weighted by molar-refractivity contribution is 14.0. The van der Waals surface area contributed by atoms with E-state index in [1.807, 2.05) is 0 Å². The smallest absolute Gasteiger partial charge is 0.191 e. The third kappa shape index (κ3) is 6.97. The minimum atomic E-state index is 0. The van der Waals surface area contributed by atoms with Crippen LogP contribution in [-0.4, -0.2) is 32.2 Å². The molecular weight excluding hydrogens is 413 g/mol. The van der Waals surface area contributed by atoms with Crippen molar-refractivity contribution in [3.8, 4) is 0 Å². The molecule has 0 bridgehead atoms. The fraction of sp³-hybridized carbons (Fsp3) is 0.632. The number of rotatable bonds is 7. The summed E-state index contributed by atoms with van der Waals surface area (Å²) in [7, 11) is 0. The van der Waals surface area contributed by atoms with Crippen molar-refractivity contribution in [3.05, 3.63) is 35.9 Å². The molecule has 0 aliphatic carbocycles. The van der Waals surface area contributed by atoms with Crippen LogP contribution in [-0.2, 0) is 4.74 Å². The molecule has 4 nitrogen and oxygen atoms in total. The third-order valence-electron chi connectivity index (χ3n) is 4.22. The van der Waals surface area contributed by atoms with Crippen molar-refractivity contribution in [1.82, 2.24) is 10.6 Å². The lowest BCUT2D eigenvalue weighted by Crippen LogP contribution is -2.38. The molecule has 1 aromatic rings. The molecule has 0 aromatic heterocycles. The summed E-state index contributed by atoms with van der Waals surface area (Å²) >= 11 is 0. The second-order valence-corrected chi connectivity index (χ2v) is 6.10. The summed E-state index contributed by atoms with van der Waals surface area (Å²) in [4.78, 5) is 4.80. The first-order chi connectivity index (χ1) is 11.3. The van der Waals surface area contributed by atoms with E-state index in [-0.39, 0.29) is 30.1 Å². The van der Waals surface area contributed by atoms with Crippen molar-refractivity contribution in [3.63, 3.8) is 0 Å². The highest BCUT2D eigenvalue weighted by Gasteiger charge is 2.27. The molecule has 136 valence electrons. The van der Waals surface area contributed by atoms with Crippen molar-refractivity contribution in [2.45, 2.75) is 45.6 Å². The summed E-state index contributed by atoms with van der Waals surface area (Å²) < 4.78 is 6.06. The van der Waals surface area contributed by atoms with Crippen LogP contribution in [0.5, 0.6) is 0 Å². The molecule has 0 saturated carbocycles. The lowest BCUT2D eigenvalue weighted by atomic mass is 9.89. The first-order valence-electron chi connectivity index (χ1n) is 9.03. The number of nitrogens with one attached hydrogen (secondary N) is 2. The molecule has 1 aliphatic heterocycles. The summed E-state index contributed by atoms with van der Waals surface area (Å²) in [5, 5.41) is 6.75. The van der Waals surface area contributed by atoms with E-state index < -0.39 is 0 Å². The zero-order valence-electron chi connectivity index (χ0n) is 15.0. The van der Waals surface area contributed by atoms with E-state index in [1.54, 1.807) is 0 Å². The Kier molecular flexibility index (Phi) is 11.1. The Morgan fingerprint density at radius 2 is 2.00 bits per heavy atom. The van der Waals surface area contributed by atoms with Gasteiger partial charge < -0.3 is 15.4 Å². The Balaban J connectivity index is 0.00000288. The predicted octanol–water partition coefficient (Wildman–Crippen LogP) is 4.13. The van der Waals surface area contributed by atoms with Crippen LogP contribution in [0.1, 0.15) is 51.2 Å². The zero-order valence-corrected chi connectivity index (χ0v) is 17.3. The van der Waals surface area contributed by atoms with E-state index in [0.29, 0.717) is 5.92 Å². The summed E-state index contributed by atoms with van der Waals surface area (Å²) in [6.07, 6.45) is 4.84. The number of unbranched alkanes of at least 4 members (excludes halogenated alkanes) is 1. The van der Waals surface area contributed by atoms with E-state index in [1.165, 1.54) is 24.8 Å². The van der Waals surface area contributed by atoms with Crippen molar-refractivity contribution >= 4 is 29.9 Å². The lowest BCUT2D eigenvalue weighted by molar-refractivity contribution is -0.0250. The molecule has 2 atom stereocenters. The molecule has 1 aliphatic rings. The number of hydrogen-bond donors (Lipinski definition) is 2. The first-order valence-corrected chi connectivity index (χ1v) is 9.03. The number of guanidine groups is 1. The number of nitrogens with zero attached hydrogens (tertiary/aromatic N) is 1. The van der Waals surface area contributed by atoms with Crippen molar-refractivity contribution < 1.29 is 4.74 Å². The van der Waals surface area contributed by atoms with E-state index in [0.717, 1.165) is 38.6 Å². The average Bonchev–Trinajstić information content (AvgIpc) is 2.61. The molecule has 1 fully saturated rings. The Morgan fingerprint density at radius 3 is 2.71 bits per heavy atom. The highest BCUT2D eigenvalue weighted by atomic mass is 127. The molecule has 5 heteroatoms. The van der Waals surface area contributed by atoms with E-state index in [4.69, 9.17) is 9.73 Å². The van der Waals surface area contributed by atoms with Crippen LogP contribution in [0, 0.1) is 5.92 Å². The van der Waals surface area contributed by atoms with Crippen LogP contribution >= 0.6 is 24.0 Å². The molecule has 2 N–H and O–H groups in total. The number of benzene rings is 1. The van der Waals surface area contributed by atoms with Gasteiger partial charge in [0, 0.05) is 32.2 Å². The van der Waals surface area contributed by atoms with Gasteiger partial charge in [-0.2, -0.15) is 0 Å². The minimum Gasteiger partial charge on any atom is -0.373 e. The van der Waals surface area contributed by atoms with Gasteiger partial charge >= 0.3 is 0 Å². The molecule has 2 unspecified atom stereocenters. The van der Waals surface area contributed by atoms with Gasteiger partial charge in [0.1, 0.15) is 0 Å². The maximum atomic E-state index is 6.06. The van der Waals surface area contributed by atoms with Crippen LogP contribution in [0.4, 0.5) is 0 Å². The Hall–Kier alpha value is -0.820. The van der Waals surface area contributed by atoms with Gasteiger partial charge in [-0.25, -0.2) is 0 Å². The summed E-state index contributed by atoms with van der Waals surface area (Å²) in [6, 6.07) is 10.6. The number of hydrogen-bond acceptors (Lipinski definition) is 2. The summed E-state index contributed by atoms with van der Waals surface area (Å²) in [5.41, 5.74) is 1.27. The number of halogens is 1. The van der Waals surface area contributed by atoms with Gasteiger partial charge in [0.05, 0.1) is 6.10 Å². The van der Waals surface area contributed by atoms with Crippen LogP contribution in [0.25, 0.3) is 0 Å². The molecule has 1 saturated heterocycles.